The van der Waals surface area contributed by atoms with Crippen LogP contribution < -0.4 is 10.6 Å². The maximum atomic E-state index is 12.4. The molecule has 1 aliphatic carbocycles. The molecular weight excluding hydrogens is 276 g/mol. The van der Waals surface area contributed by atoms with Crippen molar-refractivity contribution in [2.45, 2.75) is 19.3 Å². The van der Waals surface area contributed by atoms with Gasteiger partial charge in [0.2, 0.25) is 5.91 Å². The number of nitrogens with one attached hydrogen (secondary N) is 2. The molecule has 1 spiro atoms. The summed E-state index contributed by atoms with van der Waals surface area (Å²) in [5.74, 6) is 0.370. The standard InChI is InChI=1S/C17H20N4O/c22-16(15-12-17(15)6-9-18-10-7-17)20-13-2-4-14(5-3-13)21-11-1-8-19-21/h1-5,8,11,15,18H,6-7,9-10,12H2,(H,20,22)/t15-/m0/s1. The zero-order chi connectivity index (χ0) is 15.0. The van der Waals surface area contributed by atoms with E-state index in [2.05, 4.69) is 15.7 Å². The molecule has 1 aliphatic heterocycles. The van der Waals surface area contributed by atoms with Crippen molar-refractivity contribution < 1.29 is 4.79 Å². The van der Waals surface area contributed by atoms with E-state index in [0.29, 0.717) is 0 Å². The Labute approximate surface area is 129 Å². The molecule has 1 aromatic carbocycles. The van der Waals surface area contributed by atoms with Crippen molar-refractivity contribution in [1.82, 2.24) is 15.1 Å². The lowest BCUT2D eigenvalue weighted by molar-refractivity contribution is -0.118. The predicted molar refractivity (Wildman–Crippen MR) is 84.8 cm³/mol. The van der Waals surface area contributed by atoms with Crippen LogP contribution in [0.1, 0.15) is 19.3 Å². The Kier molecular flexibility index (Phi) is 3.22. The molecule has 5 nitrogen and oxygen atoms in total. The normalized spacial score (nSPS) is 22.5. The summed E-state index contributed by atoms with van der Waals surface area (Å²) in [6, 6.07) is 9.70. The lowest BCUT2D eigenvalue weighted by Gasteiger charge is -2.23. The fourth-order valence-corrected chi connectivity index (χ4v) is 3.54. The second kappa shape index (κ2) is 5.25. The molecule has 2 aromatic rings. The van der Waals surface area contributed by atoms with Gasteiger partial charge in [0.25, 0.3) is 0 Å². The third kappa shape index (κ3) is 2.41. The van der Waals surface area contributed by atoms with Crippen molar-refractivity contribution >= 4 is 11.6 Å². The summed E-state index contributed by atoms with van der Waals surface area (Å²) in [6.07, 6.45) is 6.96. The highest BCUT2D eigenvalue weighted by molar-refractivity contribution is 5.95. The lowest BCUT2D eigenvalue weighted by atomic mass is 9.92. The van der Waals surface area contributed by atoms with Gasteiger partial charge in [0.1, 0.15) is 0 Å². The summed E-state index contributed by atoms with van der Waals surface area (Å²) in [4.78, 5) is 12.4. The summed E-state index contributed by atoms with van der Waals surface area (Å²) in [5, 5.41) is 10.6. The number of carbonyl (C=O) groups is 1. The Hall–Kier alpha value is -2.14. The molecule has 2 heterocycles. The average molecular weight is 296 g/mol. The van der Waals surface area contributed by atoms with Crippen LogP contribution in [-0.2, 0) is 4.79 Å². The summed E-state index contributed by atoms with van der Waals surface area (Å²) >= 11 is 0. The van der Waals surface area contributed by atoms with Crippen LogP contribution in [0.25, 0.3) is 5.69 Å². The smallest absolute Gasteiger partial charge is 0.228 e. The van der Waals surface area contributed by atoms with E-state index in [-0.39, 0.29) is 17.2 Å². The van der Waals surface area contributed by atoms with Crippen molar-refractivity contribution in [3.63, 3.8) is 0 Å². The zero-order valence-electron chi connectivity index (χ0n) is 12.5. The first kappa shape index (κ1) is 13.5. The zero-order valence-corrected chi connectivity index (χ0v) is 12.5. The number of aromatic nitrogens is 2. The summed E-state index contributed by atoms with van der Waals surface area (Å²) in [7, 11) is 0. The molecule has 2 N–H and O–H groups in total. The minimum Gasteiger partial charge on any atom is -0.326 e. The third-order valence-corrected chi connectivity index (χ3v) is 5.01. The number of benzene rings is 1. The number of anilines is 1. The lowest BCUT2D eigenvalue weighted by Crippen LogP contribution is -2.31. The number of nitrogens with zero attached hydrogens (tertiary/aromatic N) is 2. The number of rotatable bonds is 3. The first-order valence-electron chi connectivity index (χ1n) is 7.89. The van der Waals surface area contributed by atoms with E-state index in [1.807, 2.05) is 36.5 Å². The van der Waals surface area contributed by atoms with Gasteiger partial charge in [-0.1, -0.05) is 0 Å². The molecule has 0 bridgehead atoms. The minimum atomic E-state index is 0.175. The summed E-state index contributed by atoms with van der Waals surface area (Å²) < 4.78 is 1.80. The van der Waals surface area contributed by atoms with Gasteiger partial charge in [-0.3, -0.25) is 4.79 Å². The maximum Gasteiger partial charge on any atom is 0.228 e. The topological polar surface area (TPSA) is 59.0 Å². The fourth-order valence-electron chi connectivity index (χ4n) is 3.54. The molecule has 2 fully saturated rings. The Bertz CT molecular complexity index is 656. The van der Waals surface area contributed by atoms with Crippen LogP contribution in [0.4, 0.5) is 5.69 Å². The molecule has 1 amide bonds. The van der Waals surface area contributed by atoms with Crippen molar-refractivity contribution in [2.24, 2.45) is 11.3 Å². The molecular formula is C17H20N4O. The Morgan fingerprint density at radius 3 is 2.73 bits per heavy atom. The van der Waals surface area contributed by atoms with E-state index in [4.69, 9.17) is 0 Å². The molecule has 0 radical (unpaired) electrons. The largest absolute Gasteiger partial charge is 0.326 e. The van der Waals surface area contributed by atoms with Crippen LogP contribution in [-0.4, -0.2) is 28.8 Å². The number of carbonyl (C=O) groups excluding carboxylic acids is 1. The molecule has 114 valence electrons. The maximum absolute atomic E-state index is 12.4. The number of hydrogen-bond donors (Lipinski definition) is 2. The monoisotopic (exact) mass is 296 g/mol. The van der Waals surface area contributed by atoms with Gasteiger partial charge in [0.15, 0.2) is 0 Å². The van der Waals surface area contributed by atoms with E-state index in [0.717, 1.165) is 43.7 Å². The van der Waals surface area contributed by atoms with Crippen LogP contribution >= 0.6 is 0 Å². The van der Waals surface area contributed by atoms with Gasteiger partial charge in [0.05, 0.1) is 5.69 Å². The summed E-state index contributed by atoms with van der Waals surface area (Å²) in [6.45, 7) is 2.09. The molecule has 2 aliphatic rings. The molecule has 4 rings (SSSR count). The van der Waals surface area contributed by atoms with E-state index in [1.54, 1.807) is 10.9 Å². The van der Waals surface area contributed by atoms with Gasteiger partial charge in [0, 0.05) is 24.0 Å². The number of hydrogen-bond acceptors (Lipinski definition) is 3. The summed E-state index contributed by atoms with van der Waals surface area (Å²) in [5.41, 5.74) is 2.13. The van der Waals surface area contributed by atoms with E-state index in [9.17, 15) is 4.79 Å². The van der Waals surface area contributed by atoms with Crippen molar-refractivity contribution in [3.8, 4) is 5.69 Å². The van der Waals surface area contributed by atoms with Crippen molar-refractivity contribution in [2.75, 3.05) is 18.4 Å². The van der Waals surface area contributed by atoms with Crippen molar-refractivity contribution in [3.05, 3.63) is 42.7 Å². The third-order valence-electron chi connectivity index (χ3n) is 5.01. The van der Waals surface area contributed by atoms with Gasteiger partial charge in [-0.2, -0.15) is 5.10 Å². The van der Waals surface area contributed by atoms with Crippen molar-refractivity contribution in [1.29, 1.82) is 0 Å². The van der Waals surface area contributed by atoms with Gasteiger partial charge in [-0.05, 0) is 68.1 Å². The quantitative estimate of drug-likeness (QED) is 0.913. The Balaban J connectivity index is 1.40. The highest BCUT2D eigenvalue weighted by Gasteiger charge is 2.57. The van der Waals surface area contributed by atoms with Crippen LogP contribution in [0.3, 0.4) is 0 Å². The predicted octanol–water partition coefficient (Wildman–Crippen LogP) is 2.20. The Morgan fingerprint density at radius 2 is 2.05 bits per heavy atom. The second-order valence-corrected chi connectivity index (χ2v) is 6.36. The van der Waals surface area contributed by atoms with Gasteiger partial charge in [-0.25, -0.2) is 4.68 Å². The molecule has 0 unspecified atom stereocenters. The highest BCUT2D eigenvalue weighted by Crippen LogP contribution is 2.58. The molecule has 1 aromatic heterocycles. The number of amides is 1. The molecule has 22 heavy (non-hydrogen) atoms. The molecule has 5 heteroatoms. The molecule has 1 atom stereocenters. The molecule has 1 saturated heterocycles. The van der Waals surface area contributed by atoms with Crippen LogP contribution in [0, 0.1) is 11.3 Å². The van der Waals surface area contributed by atoms with E-state index >= 15 is 0 Å². The first-order chi connectivity index (χ1) is 10.8. The molecule has 1 saturated carbocycles. The van der Waals surface area contributed by atoms with Gasteiger partial charge in [-0.15, -0.1) is 0 Å². The van der Waals surface area contributed by atoms with E-state index < -0.39 is 0 Å². The first-order valence-corrected chi connectivity index (χ1v) is 7.89. The van der Waals surface area contributed by atoms with Crippen LogP contribution in [0.15, 0.2) is 42.7 Å². The Morgan fingerprint density at radius 1 is 1.27 bits per heavy atom. The van der Waals surface area contributed by atoms with Crippen LogP contribution in [0.5, 0.6) is 0 Å². The van der Waals surface area contributed by atoms with E-state index in [1.165, 1.54) is 0 Å². The second-order valence-electron chi connectivity index (χ2n) is 6.36. The van der Waals surface area contributed by atoms with Crippen LogP contribution in [0.2, 0.25) is 0 Å². The van der Waals surface area contributed by atoms with Gasteiger partial charge >= 0.3 is 0 Å². The minimum absolute atomic E-state index is 0.175. The SMILES string of the molecule is O=C(Nc1ccc(-n2cccn2)cc1)[C@@H]1CC12CCNCC2. The number of piperidine rings is 1. The average Bonchev–Trinajstić information content (AvgIpc) is 3.00. The van der Waals surface area contributed by atoms with Gasteiger partial charge < -0.3 is 10.6 Å². The fraction of sp³-hybridized carbons (Fsp3) is 0.412. The highest BCUT2D eigenvalue weighted by atomic mass is 16.2.